The second kappa shape index (κ2) is 7.98. The number of nitrogens with one attached hydrogen (secondary N) is 1. The minimum atomic E-state index is -0.136. The average Bonchev–Trinajstić information content (AvgIpc) is 3.31. The Kier molecular flexibility index (Phi) is 5.42. The highest BCUT2D eigenvalue weighted by atomic mass is 35.5. The number of nitrogens with zero attached hydrogens (tertiary/aromatic N) is 1. The van der Waals surface area contributed by atoms with Crippen molar-refractivity contribution in [3.8, 4) is 0 Å². The van der Waals surface area contributed by atoms with Crippen molar-refractivity contribution in [2.24, 2.45) is 5.92 Å². The number of aromatic nitrogens is 1. The van der Waals surface area contributed by atoms with Gasteiger partial charge in [-0.15, -0.1) is 0 Å². The van der Waals surface area contributed by atoms with Crippen molar-refractivity contribution < 1.29 is 9.90 Å². The molecule has 0 saturated heterocycles. The molecule has 2 N–H and O–H groups in total. The number of carbonyl (C=O) groups excluding carboxylic acids is 1. The lowest BCUT2D eigenvalue weighted by atomic mass is 10.1. The molecule has 0 aliphatic heterocycles. The number of fused-ring (bicyclic) bond motifs is 1. The molecule has 0 bridgehead atoms. The van der Waals surface area contributed by atoms with E-state index in [2.05, 4.69) is 36.5 Å². The van der Waals surface area contributed by atoms with E-state index in [1.54, 1.807) is 0 Å². The normalized spacial score (nSPS) is 14.7. The summed E-state index contributed by atoms with van der Waals surface area (Å²) in [4.78, 5) is 12.4. The summed E-state index contributed by atoms with van der Waals surface area (Å²) in [6.07, 6.45) is 4.20. The van der Waals surface area contributed by atoms with Crippen molar-refractivity contribution >= 4 is 34.1 Å². The number of hydrogen-bond donors (Lipinski definition) is 2. The van der Waals surface area contributed by atoms with Crippen LogP contribution in [0.15, 0.2) is 42.5 Å². The van der Waals surface area contributed by atoms with Gasteiger partial charge in [-0.05, 0) is 43.5 Å². The Bertz CT molecular complexity index is 1000. The number of aryl methyl sites for hydroxylation is 1. The number of amides is 1. The molecule has 0 unspecified atom stereocenters. The van der Waals surface area contributed by atoms with Crippen LogP contribution in [0, 0.1) is 12.8 Å². The molecular formula is C23H25ClN2O2. The Morgan fingerprint density at radius 2 is 1.89 bits per heavy atom. The van der Waals surface area contributed by atoms with Gasteiger partial charge in [-0.1, -0.05) is 54.3 Å². The van der Waals surface area contributed by atoms with Gasteiger partial charge in [0.1, 0.15) is 0 Å². The lowest BCUT2D eigenvalue weighted by Crippen LogP contribution is -2.20. The number of aliphatic hydroxyl groups excluding tert-OH is 1. The Morgan fingerprint density at radius 1 is 1.18 bits per heavy atom. The zero-order valence-corrected chi connectivity index (χ0v) is 16.8. The highest BCUT2D eigenvalue weighted by Gasteiger charge is 2.23. The molecule has 4 nitrogen and oxygen atoms in total. The van der Waals surface area contributed by atoms with E-state index in [4.69, 9.17) is 11.6 Å². The minimum Gasteiger partial charge on any atom is -0.390 e. The van der Waals surface area contributed by atoms with Gasteiger partial charge >= 0.3 is 0 Å². The van der Waals surface area contributed by atoms with Crippen molar-refractivity contribution in [3.63, 3.8) is 0 Å². The highest BCUT2D eigenvalue weighted by molar-refractivity contribution is 6.36. The fourth-order valence-electron chi connectivity index (χ4n) is 4.09. The first-order chi connectivity index (χ1) is 13.6. The predicted octanol–water partition coefficient (Wildman–Crippen LogP) is 5.27. The summed E-state index contributed by atoms with van der Waals surface area (Å²) in [6, 6.07) is 14.1. The van der Waals surface area contributed by atoms with Crippen molar-refractivity contribution in [3.05, 3.63) is 64.3 Å². The van der Waals surface area contributed by atoms with Gasteiger partial charge < -0.3 is 15.0 Å². The maximum Gasteiger partial charge on any atom is 0.227 e. The van der Waals surface area contributed by atoms with E-state index < -0.39 is 0 Å². The monoisotopic (exact) mass is 396 g/mol. The zero-order chi connectivity index (χ0) is 19.7. The molecule has 1 fully saturated rings. The van der Waals surface area contributed by atoms with Gasteiger partial charge in [-0.2, -0.15) is 0 Å². The molecule has 0 spiro atoms. The van der Waals surface area contributed by atoms with Gasteiger partial charge in [0.05, 0.1) is 22.8 Å². The summed E-state index contributed by atoms with van der Waals surface area (Å²) < 4.78 is 2.05. The number of hydrogen-bond acceptors (Lipinski definition) is 2. The van der Waals surface area contributed by atoms with Gasteiger partial charge in [0, 0.05) is 23.5 Å². The van der Waals surface area contributed by atoms with Crippen LogP contribution in [0.25, 0.3) is 10.9 Å². The molecule has 28 heavy (non-hydrogen) atoms. The fraction of sp³-hybridized carbons (Fsp3) is 0.348. The first-order valence-corrected chi connectivity index (χ1v) is 10.2. The van der Waals surface area contributed by atoms with Gasteiger partial charge in [-0.3, -0.25) is 4.79 Å². The van der Waals surface area contributed by atoms with Gasteiger partial charge in [-0.25, -0.2) is 0 Å². The molecule has 1 amide bonds. The maximum atomic E-state index is 12.4. The van der Waals surface area contributed by atoms with E-state index in [1.165, 1.54) is 5.56 Å². The third kappa shape index (κ3) is 3.67. The average molecular weight is 397 g/mol. The van der Waals surface area contributed by atoms with Crippen LogP contribution in [0.4, 0.5) is 5.69 Å². The van der Waals surface area contributed by atoms with Crippen LogP contribution < -0.4 is 5.32 Å². The molecule has 5 heteroatoms. The number of carbonyl (C=O) groups is 1. The van der Waals surface area contributed by atoms with Crippen molar-refractivity contribution in [1.82, 2.24) is 4.57 Å². The van der Waals surface area contributed by atoms with E-state index in [-0.39, 0.29) is 18.4 Å². The molecule has 1 aliphatic rings. The molecule has 146 valence electrons. The Balaban J connectivity index is 1.66. The van der Waals surface area contributed by atoms with Crippen molar-refractivity contribution in [2.45, 2.75) is 45.8 Å². The number of anilines is 1. The predicted molar refractivity (Wildman–Crippen MR) is 114 cm³/mol. The van der Waals surface area contributed by atoms with Gasteiger partial charge in [0.2, 0.25) is 5.91 Å². The van der Waals surface area contributed by atoms with Crippen molar-refractivity contribution in [2.75, 3.05) is 5.32 Å². The van der Waals surface area contributed by atoms with Crippen LogP contribution in [0.3, 0.4) is 0 Å². The standard InChI is InChI=1S/C23H25ClN2O2/c1-15-6-8-16(9-7-15)13-26-20-11-10-18(12-19(20)22(24)21(26)14-27)25-23(28)17-4-2-3-5-17/h6-12,17,27H,2-5,13-14H2,1H3,(H,25,28). The Morgan fingerprint density at radius 3 is 2.57 bits per heavy atom. The number of aliphatic hydroxyl groups is 1. The summed E-state index contributed by atoms with van der Waals surface area (Å²) in [5, 5.41) is 14.3. The summed E-state index contributed by atoms with van der Waals surface area (Å²) in [6.45, 7) is 2.56. The number of rotatable bonds is 5. The summed E-state index contributed by atoms with van der Waals surface area (Å²) >= 11 is 6.60. The Hall–Kier alpha value is -2.30. The van der Waals surface area contributed by atoms with Crippen LogP contribution in [0.5, 0.6) is 0 Å². The van der Waals surface area contributed by atoms with E-state index in [9.17, 15) is 9.90 Å². The summed E-state index contributed by atoms with van der Waals surface area (Å²) in [7, 11) is 0. The zero-order valence-electron chi connectivity index (χ0n) is 16.0. The molecule has 0 radical (unpaired) electrons. The minimum absolute atomic E-state index is 0.0921. The van der Waals surface area contributed by atoms with Gasteiger partial charge in [0.15, 0.2) is 0 Å². The van der Waals surface area contributed by atoms with Crippen LogP contribution in [0.2, 0.25) is 5.02 Å². The van der Waals surface area contributed by atoms with E-state index >= 15 is 0 Å². The Labute approximate surface area is 170 Å². The number of halogens is 1. The topological polar surface area (TPSA) is 54.3 Å². The van der Waals surface area contributed by atoms with E-state index in [1.807, 2.05) is 22.8 Å². The van der Waals surface area contributed by atoms with Crippen LogP contribution in [-0.4, -0.2) is 15.6 Å². The quantitative estimate of drug-likeness (QED) is 0.617. The molecule has 1 aromatic heterocycles. The smallest absolute Gasteiger partial charge is 0.227 e. The first-order valence-electron chi connectivity index (χ1n) is 9.84. The van der Waals surface area contributed by atoms with Crippen LogP contribution in [-0.2, 0) is 17.9 Å². The fourth-order valence-corrected chi connectivity index (χ4v) is 4.40. The van der Waals surface area contributed by atoms with Crippen LogP contribution >= 0.6 is 11.6 Å². The first kappa shape index (κ1) is 19.0. The van der Waals surface area contributed by atoms with Gasteiger partial charge in [0.25, 0.3) is 0 Å². The van der Waals surface area contributed by atoms with Crippen LogP contribution in [0.1, 0.15) is 42.5 Å². The third-order valence-electron chi connectivity index (χ3n) is 5.71. The SMILES string of the molecule is Cc1ccc(Cn2c(CO)c(Cl)c3cc(NC(=O)C4CCCC4)ccc32)cc1. The van der Waals surface area contributed by atoms with Crippen molar-refractivity contribution in [1.29, 1.82) is 0 Å². The molecule has 0 atom stereocenters. The lowest BCUT2D eigenvalue weighted by Gasteiger charge is -2.12. The summed E-state index contributed by atoms with van der Waals surface area (Å²) in [5.41, 5.74) is 4.75. The summed E-state index contributed by atoms with van der Waals surface area (Å²) in [5.74, 6) is 0.208. The molecule has 1 saturated carbocycles. The van der Waals surface area contributed by atoms with E-state index in [0.717, 1.165) is 47.8 Å². The molecule has 1 aliphatic carbocycles. The third-order valence-corrected chi connectivity index (χ3v) is 6.13. The highest BCUT2D eigenvalue weighted by Crippen LogP contribution is 2.34. The molecule has 2 aromatic carbocycles. The molecular weight excluding hydrogens is 372 g/mol. The largest absolute Gasteiger partial charge is 0.390 e. The molecule has 4 rings (SSSR count). The molecule has 1 heterocycles. The molecule has 3 aromatic rings. The maximum absolute atomic E-state index is 12.4. The van der Waals surface area contributed by atoms with E-state index in [0.29, 0.717) is 17.3 Å². The number of benzene rings is 2. The second-order valence-electron chi connectivity index (χ2n) is 7.69. The second-order valence-corrected chi connectivity index (χ2v) is 8.07. The lowest BCUT2D eigenvalue weighted by molar-refractivity contribution is -0.119.